The van der Waals surface area contributed by atoms with Crippen LogP contribution in [0.5, 0.6) is 0 Å². The molecule has 0 spiro atoms. The number of nitrogens with zero attached hydrogens (tertiary/aromatic N) is 3. The van der Waals surface area contributed by atoms with Crippen molar-refractivity contribution in [3.8, 4) is 11.5 Å². The Hall–Kier alpha value is -2.75. The van der Waals surface area contributed by atoms with Crippen LogP contribution in [0, 0.1) is 6.92 Å². The predicted octanol–water partition coefficient (Wildman–Crippen LogP) is 3.59. The minimum absolute atomic E-state index is 0.115. The number of ether oxygens (including phenoxy) is 1. The molecule has 8 nitrogen and oxygen atoms in total. The zero-order chi connectivity index (χ0) is 22.0. The summed E-state index contributed by atoms with van der Waals surface area (Å²) < 4.78 is 38.0. The fourth-order valence-corrected chi connectivity index (χ4v) is 5.13. The normalized spacial score (nSPS) is 17.0. The van der Waals surface area contributed by atoms with Crippen molar-refractivity contribution in [2.45, 2.75) is 37.3 Å². The Balaban J connectivity index is 1.42. The zero-order valence-corrected chi connectivity index (χ0v) is 18.3. The molecule has 10 heteroatoms. The molecule has 2 aromatic carbocycles. The summed E-state index contributed by atoms with van der Waals surface area (Å²) in [5, 5.41) is 8.40. The number of sulfonamides is 1. The van der Waals surface area contributed by atoms with Crippen LogP contribution in [-0.2, 0) is 26.2 Å². The number of carbonyl (C=O) groups is 1. The quantitative estimate of drug-likeness (QED) is 0.516. The summed E-state index contributed by atoms with van der Waals surface area (Å²) in [4.78, 5) is 12.8. The molecule has 0 unspecified atom stereocenters. The van der Waals surface area contributed by atoms with Crippen LogP contribution >= 0.6 is 11.6 Å². The second kappa shape index (κ2) is 8.78. The molecule has 2 heterocycles. The molecule has 1 aliphatic heterocycles. The number of carbonyl (C=O) groups excluding carboxylic acids is 1. The molecule has 1 fully saturated rings. The first-order valence-electron chi connectivity index (χ1n) is 9.68. The van der Waals surface area contributed by atoms with E-state index in [1.54, 1.807) is 48.5 Å². The molecule has 1 saturated heterocycles. The third-order valence-electron chi connectivity index (χ3n) is 5.00. The van der Waals surface area contributed by atoms with Crippen molar-refractivity contribution < 1.29 is 22.4 Å². The van der Waals surface area contributed by atoms with Crippen LogP contribution in [0.4, 0.5) is 0 Å². The number of rotatable bonds is 6. The van der Waals surface area contributed by atoms with Crippen molar-refractivity contribution in [1.82, 2.24) is 14.5 Å². The Labute approximate surface area is 184 Å². The first kappa shape index (κ1) is 21.5. The summed E-state index contributed by atoms with van der Waals surface area (Å²) in [6.07, 6.45) is 0.968. The van der Waals surface area contributed by atoms with Gasteiger partial charge in [0.25, 0.3) is 5.89 Å². The minimum atomic E-state index is -3.80. The molecule has 0 radical (unpaired) electrons. The highest BCUT2D eigenvalue weighted by atomic mass is 35.5. The number of hydrogen-bond donors (Lipinski definition) is 0. The van der Waals surface area contributed by atoms with Crippen molar-refractivity contribution in [3.63, 3.8) is 0 Å². The first-order valence-corrected chi connectivity index (χ1v) is 11.5. The molecule has 4 rings (SSSR count). The lowest BCUT2D eigenvalue weighted by atomic mass is 10.2. The van der Waals surface area contributed by atoms with Gasteiger partial charge in [-0.3, -0.25) is 4.79 Å². The van der Waals surface area contributed by atoms with Gasteiger partial charge in [0.1, 0.15) is 6.04 Å². The monoisotopic (exact) mass is 461 g/mol. The van der Waals surface area contributed by atoms with Crippen molar-refractivity contribution in [2.75, 3.05) is 6.54 Å². The molecule has 1 aromatic heterocycles. The fraction of sp³-hybridized carbons (Fsp3) is 0.286. The number of halogens is 1. The van der Waals surface area contributed by atoms with E-state index in [2.05, 4.69) is 10.2 Å². The van der Waals surface area contributed by atoms with Gasteiger partial charge in [0, 0.05) is 17.1 Å². The Morgan fingerprint density at radius 1 is 1.16 bits per heavy atom. The van der Waals surface area contributed by atoms with E-state index >= 15 is 0 Å². The maximum Gasteiger partial charge on any atom is 0.324 e. The summed E-state index contributed by atoms with van der Waals surface area (Å²) in [5.74, 6) is -0.254. The number of hydrogen-bond acceptors (Lipinski definition) is 7. The van der Waals surface area contributed by atoms with Gasteiger partial charge in [0.2, 0.25) is 15.9 Å². The van der Waals surface area contributed by atoms with Gasteiger partial charge >= 0.3 is 5.97 Å². The number of esters is 1. The summed E-state index contributed by atoms with van der Waals surface area (Å²) in [6.45, 7) is 1.90. The number of aryl methyl sites for hydroxylation is 1. The summed E-state index contributed by atoms with van der Waals surface area (Å²) in [6, 6.07) is 12.5. The molecule has 3 aromatic rings. The minimum Gasteiger partial charge on any atom is -0.454 e. The maximum atomic E-state index is 13.0. The van der Waals surface area contributed by atoms with Crippen LogP contribution in [0.3, 0.4) is 0 Å². The summed E-state index contributed by atoms with van der Waals surface area (Å²) in [7, 11) is -3.80. The van der Waals surface area contributed by atoms with Crippen LogP contribution in [0.25, 0.3) is 11.5 Å². The molecule has 0 saturated carbocycles. The van der Waals surface area contributed by atoms with Crippen molar-refractivity contribution in [2.24, 2.45) is 0 Å². The molecular formula is C21H20ClN3O5S. The Kier molecular flexibility index (Phi) is 6.08. The van der Waals surface area contributed by atoms with Crippen molar-refractivity contribution in [3.05, 3.63) is 65.0 Å². The van der Waals surface area contributed by atoms with Gasteiger partial charge in [0.15, 0.2) is 6.61 Å². The maximum absolute atomic E-state index is 13.0. The zero-order valence-electron chi connectivity index (χ0n) is 16.7. The molecule has 0 N–H and O–H groups in total. The standard InChI is InChI=1S/C21H20ClN3O5S/c1-14-4-10-17(11-5-14)31(27,28)25-12-2-3-18(25)21(26)29-13-19-23-24-20(30-19)15-6-8-16(22)9-7-15/h4-11,18H,2-3,12-13H2,1H3/t18-/m0/s1. The van der Waals surface area contributed by atoms with Gasteiger partial charge < -0.3 is 9.15 Å². The van der Waals surface area contributed by atoms with Crippen LogP contribution in [0.1, 0.15) is 24.3 Å². The van der Waals surface area contributed by atoms with E-state index in [9.17, 15) is 13.2 Å². The molecule has 1 atom stereocenters. The Morgan fingerprint density at radius 3 is 2.58 bits per heavy atom. The molecule has 31 heavy (non-hydrogen) atoms. The molecule has 0 amide bonds. The van der Waals surface area contributed by atoms with Gasteiger partial charge in [-0.1, -0.05) is 29.3 Å². The SMILES string of the molecule is Cc1ccc(S(=O)(=O)N2CCC[C@H]2C(=O)OCc2nnc(-c3ccc(Cl)cc3)o2)cc1. The van der Waals surface area contributed by atoms with E-state index in [0.717, 1.165) is 5.56 Å². The van der Waals surface area contributed by atoms with Crippen LogP contribution in [-0.4, -0.2) is 41.5 Å². The van der Waals surface area contributed by atoms with Crippen LogP contribution < -0.4 is 0 Å². The largest absolute Gasteiger partial charge is 0.454 e. The molecule has 0 aliphatic carbocycles. The highest BCUT2D eigenvalue weighted by Crippen LogP contribution is 2.27. The topological polar surface area (TPSA) is 103 Å². The summed E-state index contributed by atoms with van der Waals surface area (Å²) in [5.41, 5.74) is 1.63. The fourth-order valence-electron chi connectivity index (χ4n) is 3.36. The Bertz CT molecular complexity index is 1180. The van der Waals surface area contributed by atoms with Gasteiger partial charge in [-0.15, -0.1) is 10.2 Å². The lowest BCUT2D eigenvalue weighted by Crippen LogP contribution is -2.41. The van der Waals surface area contributed by atoms with E-state index in [0.29, 0.717) is 23.4 Å². The predicted molar refractivity (Wildman–Crippen MR) is 113 cm³/mol. The lowest BCUT2D eigenvalue weighted by molar-refractivity contribution is -0.149. The van der Waals surface area contributed by atoms with Crippen molar-refractivity contribution in [1.29, 1.82) is 0 Å². The molecule has 162 valence electrons. The van der Waals surface area contributed by atoms with Gasteiger partial charge in [-0.2, -0.15) is 4.31 Å². The third kappa shape index (κ3) is 4.63. The van der Waals surface area contributed by atoms with Crippen molar-refractivity contribution >= 4 is 27.6 Å². The van der Waals surface area contributed by atoms with E-state index in [1.165, 1.54) is 4.31 Å². The highest BCUT2D eigenvalue weighted by Gasteiger charge is 2.40. The average Bonchev–Trinajstić information content (AvgIpc) is 3.43. The molecule has 0 bridgehead atoms. The smallest absolute Gasteiger partial charge is 0.324 e. The molecular weight excluding hydrogens is 442 g/mol. The second-order valence-electron chi connectivity index (χ2n) is 7.20. The summed E-state index contributed by atoms with van der Waals surface area (Å²) >= 11 is 5.87. The van der Waals surface area contributed by atoms with Crippen LogP contribution in [0.15, 0.2) is 57.8 Å². The van der Waals surface area contributed by atoms with Gasteiger partial charge in [0.05, 0.1) is 4.90 Å². The Morgan fingerprint density at radius 2 is 1.87 bits per heavy atom. The van der Waals surface area contributed by atoms with E-state index < -0.39 is 22.0 Å². The number of benzene rings is 2. The third-order valence-corrected chi connectivity index (χ3v) is 7.17. The lowest BCUT2D eigenvalue weighted by Gasteiger charge is -2.22. The number of aromatic nitrogens is 2. The first-order chi connectivity index (χ1) is 14.8. The van der Waals surface area contributed by atoms with Gasteiger partial charge in [-0.25, -0.2) is 8.42 Å². The van der Waals surface area contributed by atoms with E-state index in [-0.39, 0.29) is 29.8 Å². The van der Waals surface area contributed by atoms with E-state index in [4.69, 9.17) is 20.8 Å². The average molecular weight is 462 g/mol. The van der Waals surface area contributed by atoms with Gasteiger partial charge in [-0.05, 0) is 56.2 Å². The van der Waals surface area contributed by atoms with E-state index in [1.807, 2.05) is 6.92 Å². The molecule has 1 aliphatic rings. The van der Waals surface area contributed by atoms with Crippen LogP contribution in [0.2, 0.25) is 5.02 Å². The highest BCUT2D eigenvalue weighted by molar-refractivity contribution is 7.89. The second-order valence-corrected chi connectivity index (χ2v) is 9.53.